The number of hydrogen-bond donors (Lipinski definition) is 2. The number of hydrogen-bond acceptors (Lipinski definition) is 18. The predicted molar refractivity (Wildman–Crippen MR) is 254 cm³/mol. The van der Waals surface area contributed by atoms with Gasteiger partial charge in [-0.1, -0.05) is 13.8 Å². The van der Waals surface area contributed by atoms with Gasteiger partial charge in [-0.3, -0.25) is 48.3 Å². The molecular formula is C51H64N4O16. The summed E-state index contributed by atoms with van der Waals surface area (Å²) in [7, 11) is 10.1. The number of nitrogens with one attached hydrogen (secondary N) is 2. The zero-order chi connectivity index (χ0) is 52.4. The molecule has 5 heterocycles. The standard InChI is InChI=1S/C51H64N4O16/c1-27-48-31(21-45(61)69-9)29(13-17-41(57)65-5)35(54-48)22-34-28(12-16-40(56)64-4)30(20-44(60)68-8)36(52-34)23-37-32(14-18-42(58)66-6)50(2,25-46(62)70-10)39(53-37)24-38-33(15-19-43(59)67-7)51(3,49(27)55-38)26-47(63)71-11/h22-24,32-33,52,54H,12-21,25-26H2,1-11H3/t32?,33?,50-,51-/m0/s1. The number of H-pyrrole nitrogens is 2. The normalized spacial score (nSPS) is 18.2. The van der Waals surface area contributed by atoms with Crippen molar-refractivity contribution >= 4 is 69.8 Å². The summed E-state index contributed by atoms with van der Waals surface area (Å²) in [6.07, 6.45) is -0.967. The van der Waals surface area contributed by atoms with Gasteiger partial charge in [-0.15, -0.1) is 0 Å². The number of aromatic nitrogens is 4. The van der Waals surface area contributed by atoms with Crippen molar-refractivity contribution in [1.82, 2.24) is 19.9 Å². The Hall–Kier alpha value is -7.12. The number of fused-ring (bicyclic) bond motifs is 8. The van der Waals surface area contributed by atoms with Gasteiger partial charge in [0.2, 0.25) is 0 Å². The fourth-order valence-electron chi connectivity index (χ4n) is 10.00. The van der Waals surface area contributed by atoms with Crippen LogP contribution < -0.4 is 0 Å². The maximum atomic E-state index is 13.6. The average Bonchev–Trinajstić information content (AvgIpc) is 4.02. The first kappa shape index (κ1) is 54.8. The van der Waals surface area contributed by atoms with E-state index in [-0.39, 0.29) is 77.0 Å². The summed E-state index contributed by atoms with van der Waals surface area (Å²) < 4.78 is 41.1. The van der Waals surface area contributed by atoms with Gasteiger partial charge in [0.25, 0.3) is 0 Å². The molecule has 20 nitrogen and oxygen atoms in total. The molecule has 20 heteroatoms. The topological polar surface area (TPSA) is 268 Å². The van der Waals surface area contributed by atoms with Gasteiger partial charge in [0.1, 0.15) is 0 Å². The number of aryl methyl sites for hydroxylation is 3. The van der Waals surface area contributed by atoms with E-state index in [9.17, 15) is 38.4 Å². The Kier molecular flexibility index (Phi) is 18.3. The number of esters is 8. The second kappa shape index (κ2) is 23.7. The van der Waals surface area contributed by atoms with E-state index in [1.54, 1.807) is 25.1 Å². The van der Waals surface area contributed by atoms with Gasteiger partial charge < -0.3 is 47.9 Å². The first-order valence-corrected chi connectivity index (χ1v) is 23.1. The Morgan fingerprint density at radius 2 is 0.887 bits per heavy atom. The van der Waals surface area contributed by atoms with Gasteiger partial charge in [-0.2, -0.15) is 0 Å². The third-order valence-electron chi connectivity index (χ3n) is 13.9. The Morgan fingerprint density at radius 3 is 1.39 bits per heavy atom. The van der Waals surface area contributed by atoms with Gasteiger partial charge in [-0.05, 0) is 78.6 Å². The summed E-state index contributed by atoms with van der Waals surface area (Å²) in [4.78, 5) is 123. The summed E-state index contributed by atoms with van der Waals surface area (Å²) in [5, 5.41) is 0. The predicted octanol–water partition coefficient (Wildman–Crippen LogP) is 5.38. The smallest absolute Gasteiger partial charge is 0.310 e. The number of methoxy groups -OCH3 is 8. The van der Waals surface area contributed by atoms with Crippen LogP contribution in [0.4, 0.5) is 0 Å². The average molecular weight is 989 g/mol. The van der Waals surface area contributed by atoms with E-state index in [0.717, 1.165) is 0 Å². The number of ether oxygens (including phenoxy) is 8. The zero-order valence-electron chi connectivity index (χ0n) is 42.3. The fourth-order valence-corrected chi connectivity index (χ4v) is 10.00. The molecule has 0 spiro atoms. The molecule has 3 aromatic heterocycles. The number of aromatic amines is 2. The van der Waals surface area contributed by atoms with Crippen LogP contribution in [0.1, 0.15) is 128 Å². The van der Waals surface area contributed by atoms with E-state index in [4.69, 9.17) is 47.9 Å². The first-order chi connectivity index (χ1) is 33.7. The molecule has 5 rings (SSSR count). The summed E-state index contributed by atoms with van der Waals surface area (Å²) in [5.41, 5.74) is 3.18. The molecule has 384 valence electrons. The fraction of sp³-hybridized carbons (Fsp3) is 0.529. The van der Waals surface area contributed by atoms with E-state index in [1.807, 2.05) is 13.8 Å². The SMILES string of the molecule is COC(=O)CCc1c(CC(=O)OC)c2cc3nc(cc4nc(c(C)c5[nH]c(cc1[nH]2)c(CCC(=O)OC)c5CC(=O)OC)[C@@](C)(CC(=O)OC)C4CCC(=O)OC)[C@@](C)(CC(=O)OC)C3CCC(=O)OC. The first-order valence-electron chi connectivity index (χ1n) is 23.1. The van der Waals surface area contributed by atoms with Crippen molar-refractivity contribution in [1.29, 1.82) is 0 Å². The van der Waals surface area contributed by atoms with Crippen molar-refractivity contribution in [2.24, 2.45) is 0 Å². The molecule has 0 aromatic carbocycles. The molecule has 4 atom stereocenters. The number of carbonyl (C=O) groups excluding carboxylic acids is 8. The van der Waals surface area contributed by atoms with Gasteiger partial charge in [0.05, 0.1) is 88.3 Å². The molecule has 0 aliphatic carbocycles. The highest BCUT2D eigenvalue weighted by Crippen LogP contribution is 2.52. The van der Waals surface area contributed by atoms with Gasteiger partial charge in [-0.25, -0.2) is 0 Å². The second-order valence-corrected chi connectivity index (χ2v) is 18.0. The van der Waals surface area contributed by atoms with Crippen LogP contribution in [-0.4, -0.2) is 125 Å². The Bertz CT molecular complexity index is 2740. The van der Waals surface area contributed by atoms with Gasteiger partial charge in [0, 0.05) is 87.5 Å². The van der Waals surface area contributed by atoms with Crippen molar-refractivity contribution in [2.75, 3.05) is 56.9 Å². The number of carbonyl (C=O) groups is 8. The highest BCUT2D eigenvalue weighted by atomic mass is 16.5. The third kappa shape index (κ3) is 12.1. The lowest BCUT2D eigenvalue weighted by atomic mass is 9.68. The largest absolute Gasteiger partial charge is 0.469 e. The van der Waals surface area contributed by atoms with Crippen molar-refractivity contribution in [3.63, 3.8) is 0 Å². The molecular weight excluding hydrogens is 925 g/mol. The molecule has 0 amide bonds. The van der Waals surface area contributed by atoms with E-state index in [1.165, 1.54) is 56.9 Å². The molecule has 2 aliphatic heterocycles. The van der Waals surface area contributed by atoms with E-state index in [2.05, 4.69) is 9.97 Å². The molecule has 0 fully saturated rings. The van der Waals surface area contributed by atoms with Crippen LogP contribution in [0.5, 0.6) is 0 Å². The Labute approximate surface area is 411 Å². The van der Waals surface area contributed by atoms with Crippen LogP contribution in [-0.2, 0) is 113 Å². The minimum absolute atomic E-state index is 0.0649. The Balaban J connectivity index is 2.16. The summed E-state index contributed by atoms with van der Waals surface area (Å²) in [6.45, 7) is 5.44. The van der Waals surface area contributed by atoms with Crippen LogP contribution in [0.25, 0.3) is 22.1 Å². The van der Waals surface area contributed by atoms with E-state index >= 15 is 0 Å². The summed E-state index contributed by atoms with van der Waals surface area (Å²) >= 11 is 0. The third-order valence-corrected chi connectivity index (χ3v) is 13.9. The number of rotatable bonds is 20. The molecule has 2 N–H and O–H groups in total. The highest BCUT2D eigenvalue weighted by Gasteiger charge is 2.49. The molecule has 0 radical (unpaired) electrons. The van der Waals surface area contributed by atoms with Crippen LogP contribution in [0.15, 0.2) is 18.2 Å². The van der Waals surface area contributed by atoms with Gasteiger partial charge in [0.15, 0.2) is 0 Å². The van der Waals surface area contributed by atoms with Crippen molar-refractivity contribution in [3.05, 3.63) is 68.8 Å². The van der Waals surface area contributed by atoms with Crippen LogP contribution >= 0.6 is 0 Å². The quantitative estimate of drug-likeness (QED) is 0.106. The van der Waals surface area contributed by atoms with Crippen LogP contribution in [0.3, 0.4) is 0 Å². The molecule has 0 saturated heterocycles. The van der Waals surface area contributed by atoms with E-state index < -0.39 is 70.4 Å². The van der Waals surface area contributed by atoms with Crippen molar-refractivity contribution in [3.8, 4) is 0 Å². The lowest BCUT2D eigenvalue weighted by Crippen LogP contribution is -2.32. The minimum atomic E-state index is -1.21. The summed E-state index contributed by atoms with van der Waals surface area (Å²) in [5.74, 6) is -5.84. The van der Waals surface area contributed by atoms with Crippen molar-refractivity contribution in [2.45, 2.75) is 120 Å². The lowest BCUT2D eigenvalue weighted by Gasteiger charge is -2.32. The maximum Gasteiger partial charge on any atom is 0.310 e. The zero-order valence-corrected chi connectivity index (χ0v) is 42.3. The van der Waals surface area contributed by atoms with Crippen LogP contribution in [0.2, 0.25) is 0 Å². The molecule has 8 bridgehead atoms. The van der Waals surface area contributed by atoms with Crippen molar-refractivity contribution < 1.29 is 76.3 Å². The van der Waals surface area contributed by atoms with E-state index in [0.29, 0.717) is 72.7 Å². The Morgan fingerprint density at radius 1 is 0.479 bits per heavy atom. The lowest BCUT2D eigenvalue weighted by molar-refractivity contribution is -0.143. The molecule has 2 aliphatic rings. The number of nitrogens with zero attached hydrogens (tertiary/aromatic N) is 2. The molecule has 0 saturated carbocycles. The monoisotopic (exact) mass is 988 g/mol. The second-order valence-electron chi connectivity index (χ2n) is 18.0. The highest BCUT2D eigenvalue weighted by molar-refractivity contribution is 5.87. The maximum absolute atomic E-state index is 13.6. The summed E-state index contributed by atoms with van der Waals surface area (Å²) in [6, 6.07) is 5.21. The molecule has 3 aromatic rings. The van der Waals surface area contributed by atoms with Crippen LogP contribution in [0, 0.1) is 6.92 Å². The molecule has 71 heavy (non-hydrogen) atoms. The van der Waals surface area contributed by atoms with Gasteiger partial charge >= 0.3 is 47.8 Å². The molecule has 2 unspecified atom stereocenters. The minimum Gasteiger partial charge on any atom is -0.469 e.